The number of nitrogens with zero attached hydrogens (tertiary/aromatic N) is 2. The van der Waals surface area contributed by atoms with Crippen molar-refractivity contribution in [2.24, 2.45) is 0 Å². The second-order valence-electron chi connectivity index (χ2n) is 4.37. The van der Waals surface area contributed by atoms with Gasteiger partial charge in [-0.2, -0.15) is 0 Å². The molecule has 2 heterocycles. The molecule has 0 amide bonds. The van der Waals surface area contributed by atoms with Crippen LogP contribution in [0.4, 0.5) is 10.8 Å². The molecule has 5 heteroatoms. The van der Waals surface area contributed by atoms with Gasteiger partial charge in [-0.05, 0) is 36.8 Å². The predicted molar refractivity (Wildman–Crippen MR) is 84.8 cm³/mol. The van der Waals surface area contributed by atoms with Crippen molar-refractivity contribution >= 4 is 33.8 Å². The summed E-state index contributed by atoms with van der Waals surface area (Å²) in [5, 5.41) is 6.89. The molecular weight excluding hydrogens is 290 g/mol. The monoisotopic (exact) mass is 301 g/mol. The molecule has 3 rings (SSSR count). The van der Waals surface area contributed by atoms with Gasteiger partial charge in [0.15, 0.2) is 5.13 Å². The molecule has 0 radical (unpaired) electrons. The smallest absolute Gasteiger partial charge is 0.187 e. The Hall–Kier alpha value is -1.91. The lowest BCUT2D eigenvalue weighted by atomic mass is 10.1. The zero-order valence-corrected chi connectivity index (χ0v) is 12.4. The van der Waals surface area contributed by atoms with Gasteiger partial charge < -0.3 is 5.32 Å². The van der Waals surface area contributed by atoms with Crippen LogP contribution in [0.3, 0.4) is 0 Å². The summed E-state index contributed by atoms with van der Waals surface area (Å²) in [6.45, 7) is 1.99. The highest BCUT2D eigenvalue weighted by Crippen LogP contribution is 2.29. The minimum atomic E-state index is 0.776. The van der Waals surface area contributed by atoms with Crippen molar-refractivity contribution in [3.8, 4) is 11.3 Å². The van der Waals surface area contributed by atoms with Gasteiger partial charge in [0.2, 0.25) is 0 Å². The predicted octanol–water partition coefficient (Wildman–Crippen LogP) is 4.91. The van der Waals surface area contributed by atoms with Gasteiger partial charge >= 0.3 is 0 Å². The largest absolute Gasteiger partial charge is 0.330 e. The highest BCUT2D eigenvalue weighted by atomic mass is 35.5. The lowest BCUT2D eigenvalue weighted by Crippen LogP contribution is -1.89. The standard InChI is InChI=1S/C15H12ClN3S/c1-10-7-11(4-5-13(10)16)14-9-20-15(19-14)18-12-3-2-6-17-8-12/h2-9H,1H3,(H,18,19). The number of hydrogen-bond acceptors (Lipinski definition) is 4. The quantitative estimate of drug-likeness (QED) is 0.747. The molecule has 0 spiro atoms. The number of rotatable bonds is 3. The Morgan fingerprint density at radius 1 is 1.25 bits per heavy atom. The average Bonchev–Trinajstić information content (AvgIpc) is 2.91. The summed E-state index contributed by atoms with van der Waals surface area (Å²) in [6.07, 6.45) is 3.52. The molecule has 0 aliphatic heterocycles. The van der Waals surface area contributed by atoms with Crippen LogP contribution in [0, 0.1) is 6.92 Å². The summed E-state index contributed by atoms with van der Waals surface area (Å²) in [5.74, 6) is 0. The maximum Gasteiger partial charge on any atom is 0.187 e. The molecule has 3 aromatic rings. The lowest BCUT2D eigenvalue weighted by molar-refractivity contribution is 1.31. The average molecular weight is 302 g/mol. The minimum Gasteiger partial charge on any atom is -0.330 e. The van der Waals surface area contributed by atoms with E-state index in [4.69, 9.17) is 11.6 Å². The number of pyridine rings is 1. The number of aromatic nitrogens is 2. The molecule has 0 aliphatic rings. The van der Waals surface area contributed by atoms with E-state index in [-0.39, 0.29) is 0 Å². The van der Waals surface area contributed by atoms with Crippen LogP contribution in [0.2, 0.25) is 5.02 Å². The number of thiazole rings is 1. The highest BCUT2D eigenvalue weighted by Gasteiger charge is 2.06. The van der Waals surface area contributed by atoms with Gasteiger partial charge in [0.05, 0.1) is 17.6 Å². The molecule has 0 atom stereocenters. The van der Waals surface area contributed by atoms with Crippen LogP contribution in [0.5, 0.6) is 0 Å². The van der Waals surface area contributed by atoms with Crippen molar-refractivity contribution in [1.82, 2.24) is 9.97 Å². The van der Waals surface area contributed by atoms with Crippen molar-refractivity contribution in [3.05, 3.63) is 58.7 Å². The van der Waals surface area contributed by atoms with Gasteiger partial charge in [-0.25, -0.2) is 4.98 Å². The molecule has 0 saturated heterocycles. The Kier molecular flexibility index (Phi) is 3.67. The van der Waals surface area contributed by atoms with E-state index in [1.807, 2.05) is 42.6 Å². The zero-order valence-electron chi connectivity index (χ0n) is 10.8. The van der Waals surface area contributed by atoms with E-state index in [1.165, 1.54) is 0 Å². The molecule has 0 saturated carbocycles. The van der Waals surface area contributed by atoms with E-state index in [9.17, 15) is 0 Å². The molecule has 0 fully saturated rings. The van der Waals surface area contributed by atoms with Crippen molar-refractivity contribution in [3.63, 3.8) is 0 Å². The summed E-state index contributed by atoms with van der Waals surface area (Å²) < 4.78 is 0. The molecular formula is C15H12ClN3S. The van der Waals surface area contributed by atoms with Gasteiger partial charge in [-0.1, -0.05) is 17.7 Å². The maximum absolute atomic E-state index is 6.04. The summed E-state index contributed by atoms with van der Waals surface area (Å²) in [7, 11) is 0. The first-order valence-electron chi connectivity index (χ1n) is 6.11. The van der Waals surface area contributed by atoms with Gasteiger partial charge in [-0.3, -0.25) is 4.98 Å². The van der Waals surface area contributed by atoms with Crippen molar-refractivity contribution in [1.29, 1.82) is 0 Å². The van der Waals surface area contributed by atoms with Gasteiger partial charge in [0.1, 0.15) is 0 Å². The lowest BCUT2D eigenvalue weighted by Gasteiger charge is -2.02. The molecule has 0 bridgehead atoms. The minimum absolute atomic E-state index is 0.776. The van der Waals surface area contributed by atoms with Gasteiger partial charge in [0.25, 0.3) is 0 Å². The normalized spacial score (nSPS) is 10.5. The van der Waals surface area contributed by atoms with E-state index in [0.717, 1.165) is 32.7 Å². The summed E-state index contributed by atoms with van der Waals surface area (Å²) >= 11 is 7.61. The molecule has 3 nitrogen and oxygen atoms in total. The van der Waals surface area contributed by atoms with E-state index >= 15 is 0 Å². The third-order valence-corrected chi connectivity index (χ3v) is 4.05. The summed E-state index contributed by atoms with van der Waals surface area (Å²) in [6, 6.07) is 9.78. The van der Waals surface area contributed by atoms with Crippen molar-refractivity contribution in [2.75, 3.05) is 5.32 Å². The fourth-order valence-electron chi connectivity index (χ4n) is 1.83. The van der Waals surface area contributed by atoms with E-state index < -0.39 is 0 Å². The number of anilines is 2. The molecule has 1 N–H and O–H groups in total. The Labute approximate surface area is 126 Å². The Balaban J connectivity index is 1.84. The fraction of sp³-hybridized carbons (Fsp3) is 0.0667. The first kappa shape index (κ1) is 13.1. The molecule has 20 heavy (non-hydrogen) atoms. The number of nitrogens with one attached hydrogen (secondary N) is 1. The molecule has 2 aromatic heterocycles. The fourth-order valence-corrected chi connectivity index (χ4v) is 2.69. The van der Waals surface area contributed by atoms with Crippen molar-refractivity contribution < 1.29 is 0 Å². The van der Waals surface area contributed by atoms with Crippen LogP contribution >= 0.6 is 22.9 Å². The first-order valence-corrected chi connectivity index (χ1v) is 7.37. The molecule has 1 aromatic carbocycles. The van der Waals surface area contributed by atoms with Crippen LogP contribution in [0.1, 0.15) is 5.56 Å². The number of aryl methyl sites for hydroxylation is 1. The zero-order chi connectivity index (χ0) is 13.9. The van der Waals surface area contributed by atoms with E-state index in [0.29, 0.717) is 0 Å². The van der Waals surface area contributed by atoms with Crippen LogP contribution < -0.4 is 5.32 Å². The summed E-state index contributed by atoms with van der Waals surface area (Å²) in [4.78, 5) is 8.65. The maximum atomic E-state index is 6.04. The summed E-state index contributed by atoms with van der Waals surface area (Å²) in [5.41, 5.74) is 4.00. The van der Waals surface area contributed by atoms with Crippen LogP contribution in [-0.2, 0) is 0 Å². The second kappa shape index (κ2) is 5.61. The Bertz CT molecular complexity index is 725. The second-order valence-corrected chi connectivity index (χ2v) is 5.63. The third kappa shape index (κ3) is 2.81. The van der Waals surface area contributed by atoms with Gasteiger partial charge in [-0.15, -0.1) is 11.3 Å². The Morgan fingerprint density at radius 2 is 2.15 bits per heavy atom. The molecule has 100 valence electrons. The molecule has 0 aliphatic carbocycles. The van der Waals surface area contributed by atoms with Crippen LogP contribution in [-0.4, -0.2) is 9.97 Å². The highest BCUT2D eigenvalue weighted by molar-refractivity contribution is 7.14. The third-order valence-electron chi connectivity index (χ3n) is 2.87. The number of halogens is 1. The number of benzene rings is 1. The van der Waals surface area contributed by atoms with Crippen LogP contribution in [0.15, 0.2) is 48.1 Å². The topological polar surface area (TPSA) is 37.8 Å². The van der Waals surface area contributed by atoms with Crippen LogP contribution in [0.25, 0.3) is 11.3 Å². The first-order chi connectivity index (χ1) is 9.72. The molecule has 0 unspecified atom stereocenters. The van der Waals surface area contributed by atoms with E-state index in [1.54, 1.807) is 23.7 Å². The van der Waals surface area contributed by atoms with Gasteiger partial charge in [0, 0.05) is 22.2 Å². The van der Waals surface area contributed by atoms with E-state index in [2.05, 4.69) is 15.3 Å². The SMILES string of the molecule is Cc1cc(-c2csc(Nc3cccnc3)n2)ccc1Cl. The number of hydrogen-bond donors (Lipinski definition) is 1. The van der Waals surface area contributed by atoms with Crippen molar-refractivity contribution in [2.45, 2.75) is 6.92 Å². The Morgan fingerprint density at radius 3 is 2.90 bits per heavy atom.